The number of hydrogen-bond donors (Lipinski definition) is 2. The summed E-state index contributed by atoms with van der Waals surface area (Å²) < 4.78 is 0.717. The van der Waals surface area contributed by atoms with Crippen molar-refractivity contribution in [2.45, 2.75) is 40.0 Å². The first-order valence-electron chi connectivity index (χ1n) is 7.19. The van der Waals surface area contributed by atoms with Gasteiger partial charge in [-0.15, -0.1) is 0 Å². The summed E-state index contributed by atoms with van der Waals surface area (Å²) >= 11 is 9.40. The lowest BCUT2D eigenvalue weighted by Gasteiger charge is -2.30. The molecule has 0 aliphatic rings. The maximum absolute atomic E-state index is 12.1. The standard InChI is InChI=1S/C16H24BrClN2O/c1-16(2,3)11(9-10-19)7-8-14(21)20-13-6-4-5-12(18)15(13)17/h4-6,11H,7-10,19H2,1-3H3,(H,20,21). The van der Waals surface area contributed by atoms with Crippen LogP contribution in [0.2, 0.25) is 5.02 Å². The van der Waals surface area contributed by atoms with Gasteiger partial charge in [-0.2, -0.15) is 0 Å². The second-order valence-corrected chi connectivity index (χ2v) is 7.53. The van der Waals surface area contributed by atoms with Gasteiger partial charge in [-0.3, -0.25) is 4.79 Å². The van der Waals surface area contributed by atoms with E-state index in [1.54, 1.807) is 6.07 Å². The van der Waals surface area contributed by atoms with E-state index in [1.165, 1.54) is 0 Å². The van der Waals surface area contributed by atoms with Crippen LogP contribution in [0.25, 0.3) is 0 Å². The molecular weight excluding hydrogens is 352 g/mol. The van der Waals surface area contributed by atoms with Crippen LogP contribution in [0.3, 0.4) is 0 Å². The third-order valence-corrected chi connectivity index (χ3v) is 5.08. The van der Waals surface area contributed by atoms with Crippen LogP contribution < -0.4 is 11.1 Å². The lowest BCUT2D eigenvalue weighted by atomic mass is 9.76. The first-order chi connectivity index (χ1) is 9.75. The number of anilines is 1. The SMILES string of the molecule is CC(C)(C)C(CCN)CCC(=O)Nc1cccc(Cl)c1Br. The molecule has 0 heterocycles. The Kier molecular flexibility index (Phi) is 7.17. The van der Waals surface area contributed by atoms with E-state index in [0.29, 0.717) is 34.1 Å². The highest BCUT2D eigenvalue weighted by molar-refractivity contribution is 9.10. The average Bonchev–Trinajstić information content (AvgIpc) is 2.38. The van der Waals surface area contributed by atoms with Gasteiger partial charge < -0.3 is 11.1 Å². The van der Waals surface area contributed by atoms with Crippen LogP contribution in [-0.2, 0) is 4.79 Å². The van der Waals surface area contributed by atoms with Crippen molar-refractivity contribution in [2.75, 3.05) is 11.9 Å². The molecule has 0 bridgehead atoms. The zero-order valence-corrected chi connectivity index (χ0v) is 15.2. The molecule has 0 aliphatic heterocycles. The van der Waals surface area contributed by atoms with Crippen molar-refractivity contribution >= 4 is 39.1 Å². The maximum Gasteiger partial charge on any atom is 0.224 e. The van der Waals surface area contributed by atoms with Gasteiger partial charge in [-0.1, -0.05) is 38.4 Å². The van der Waals surface area contributed by atoms with Gasteiger partial charge in [-0.05, 0) is 58.8 Å². The number of benzene rings is 1. The topological polar surface area (TPSA) is 55.1 Å². The van der Waals surface area contributed by atoms with Crippen molar-refractivity contribution in [1.82, 2.24) is 0 Å². The van der Waals surface area contributed by atoms with Gasteiger partial charge in [-0.25, -0.2) is 0 Å². The highest BCUT2D eigenvalue weighted by Gasteiger charge is 2.24. The lowest BCUT2D eigenvalue weighted by Crippen LogP contribution is -2.25. The summed E-state index contributed by atoms with van der Waals surface area (Å²) in [6.45, 7) is 7.24. The first-order valence-corrected chi connectivity index (χ1v) is 8.36. The second-order valence-electron chi connectivity index (χ2n) is 6.33. The van der Waals surface area contributed by atoms with Crippen LogP contribution in [-0.4, -0.2) is 12.5 Å². The zero-order valence-electron chi connectivity index (χ0n) is 12.9. The van der Waals surface area contributed by atoms with Crippen molar-refractivity contribution in [3.63, 3.8) is 0 Å². The molecule has 0 fully saturated rings. The molecule has 0 spiro atoms. The van der Waals surface area contributed by atoms with Gasteiger partial charge in [0.05, 0.1) is 15.2 Å². The van der Waals surface area contributed by atoms with Gasteiger partial charge in [0.1, 0.15) is 0 Å². The first kappa shape index (κ1) is 18.5. The summed E-state index contributed by atoms with van der Waals surface area (Å²) in [5, 5.41) is 3.49. The van der Waals surface area contributed by atoms with Crippen molar-refractivity contribution in [3.8, 4) is 0 Å². The largest absolute Gasteiger partial charge is 0.330 e. The zero-order chi connectivity index (χ0) is 16.0. The van der Waals surface area contributed by atoms with Gasteiger partial charge in [0.25, 0.3) is 0 Å². The Labute approximate surface area is 140 Å². The molecular formula is C16H24BrClN2O. The van der Waals surface area contributed by atoms with Crippen molar-refractivity contribution < 1.29 is 4.79 Å². The molecule has 0 aliphatic carbocycles. The number of halogens is 2. The average molecular weight is 376 g/mol. The Bertz CT molecular complexity index is 486. The summed E-state index contributed by atoms with van der Waals surface area (Å²) in [5.41, 5.74) is 6.54. The predicted octanol–water partition coefficient (Wildman–Crippen LogP) is 4.83. The number of carbonyl (C=O) groups is 1. The van der Waals surface area contributed by atoms with Crippen molar-refractivity contribution in [1.29, 1.82) is 0 Å². The van der Waals surface area contributed by atoms with Gasteiger partial charge in [0.2, 0.25) is 5.91 Å². The molecule has 1 aromatic carbocycles. The molecule has 1 rings (SSSR count). The molecule has 21 heavy (non-hydrogen) atoms. The molecule has 0 radical (unpaired) electrons. The smallest absolute Gasteiger partial charge is 0.224 e. The van der Waals surface area contributed by atoms with E-state index >= 15 is 0 Å². The van der Waals surface area contributed by atoms with Crippen LogP contribution in [0.4, 0.5) is 5.69 Å². The minimum Gasteiger partial charge on any atom is -0.330 e. The molecule has 118 valence electrons. The highest BCUT2D eigenvalue weighted by atomic mass is 79.9. The molecule has 1 unspecified atom stereocenters. The Hall–Kier alpha value is -0.580. The summed E-state index contributed by atoms with van der Waals surface area (Å²) in [7, 11) is 0. The van der Waals surface area contributed by atoms with E-state index < -0.39 is 0 Å². The summed E-state index contributed by atoms with van der Waals surface area (Å²) in [5.74, 6) is 0.445. The minimum atomic E-state index is 0.00392. The molecule has 3 nitrogen and oxygen atoms in total. The Morgan fingerprint density at radius 2 is 2.05 bits per heavy atom. The monoisotopic (exact) mass is 374 g/mol. The molecule has 0 saturated carbocycles. The predicted molar refractivity (Wildman–Crippen MR) is 93.6 cm³/mol. The van der Waals surface area contributed by atoms with Crippen LogP contribution in [0.5, 0.6) is 0 Å². The van der Waals surface area contributed by atoms with E-state index in [4.69, 9.17) is 17.3 Å². The van der Waals surface area contributed by atoms with E-state index in [0.717, 1.165) is 12.8 Å². The summed E-state index contributed by atoms with van der Waals surface area (Å²) in [6, 6.07) is 5.42. The van der Waals surface area contributed by atoms with E-state index in [9.17, 15) is 4.79 Å². The third kappa shape index (κ3) is 5.97. The molecule has 3 N–H and O–H groups in total. The van der Waals surface area contributed by atoms with E-state index in [-0.39, 0.29) is 11.3 Å². The Morgan fingerprint density at radius 1 is 1.38 bits per heavy atom. The normalized spacial score (nSPS) is 13.0. The molecule has 1 aromatic rings. The number of amides is 1. The highest BCUT2D eigenvalue weighted by Crippen LogP contribution is 2.33. The fourth-order valence-electron chi connectivity index (χ4n) is 2.33. The number of nitrogens with two attached hydrogens (primary N) is 1. The lowest BCUT2D eigenvalue weighted by molar-refractivity contribution is -0.116. The van der Waals surface area contributed by atoms with Crippen molar-refractivity contribution in [2.24, 2.45) is 17.1 Å². The van der Waals surface area contributed by atoms with Crippen molar-refractivity contribution in [3.05, 3.63) is 27.7 Å². The maximum atomic E-state index is 12.1. The molecule has 1 atom stereocenters. The Morgan fingerprint density at radius 3 is 2.62 bits per heavy atom. The van der Waals surface area contributed by atoms with Crippen LogP contribution in [0, 0.1) is 11.3 Å². The molecule has 0 saturated heterocycles. The van der Waals surface area contributed by atoms with Gasteiger partial charge >= 0.3 is 0 Å². The van der Waals surface area contributed by atoms with Crippen LogP contribution in [0.15, 0.2) is 22.7 Å². The van der Waals surface area contributed by atoms with Gasteiger partial charge in [0, 0.05) is 6.42 Å². The number of carbonyl (C=O) groups excluding carboxylic acids is 1. The molecule has 5 heteroatoms. The Balaban J connectivity index is 2.59. The fourth-order valence-corrected chi connectivity index (χ4v) is 2.87. The van der Waals surface area contributed by atoms with E-state index in [1.807, 2.05) is 12.1 Å². The summed E-state index contributed by atoms with van der Waals surface area (Å²) in [4.78, 5) is 12.1. The van der Waals surface area contributed by atoms with E-state index in [2.05, 4.69) is 42.0 Å². The fraction of sp³-hybridized carbons (Fsp3) is 0.562. The van der Waals surface area contributed by atoms with Gasteiger partial charge in [0.15, 0.2) is 0 Å². The van der Waals surface area contributed by atoms with Crippen LogP contribution in [0.1, 0.15) is 40.0 Å². The molecule has 1 amide bonds. The number of rotatable bonds is 6. The third-order valence-electron chi connectivity index (χ3n) is 3.69. The summed E-state index contributed by atoms with van der Waals surface area (Å²) in [6.07, 6.45) is 2.27. The number of nitrogens with one attached hydrogen (secondary N) is 1. The number of hydrogen-bond acceptors (Lipinski definition) is 2. The molecule has 0 aromatic heterocycles. The van der Waals surface area contributed by atoms with Crippen LogP contribution >= 0.6 is 27.5 Å². The minimum absolute atomic E-state index is 0.00392. The quantitative estimate of drug-likeness (QED) is 0.748. The second kappa shape index (κ2) is 8.16.